The first-order valence-corrected chi connectivity index (χ1v) is 18.8. The minimum Gasteiger partial charge on any atom is -0.251 e. The third-order valence-electron chi connectivity index (χ3n) is 11.5. The van der Waals surface area contributed by atoms with Crippen LogP contribution in [-0.2, 0) is 5.41 Å². The first-order chi connectivity index (χ1) is 27.0. The summed E-state index contributed by atoms with van der Waals surface area (Å²) in [6.07, 6.45) is 0. The Labute approximate surface area is 318 Å². The number of benzene rings is 6. The van der Waals surface area contributed by atoms with Crippen LogP contribution in [0.2, 0.25) is 0 Å². The topological polar surface area (TPSA) is 51.6 Å². The van der Waals surface area contributed by atoms with Crippen LogP contribution in [-0.4, -0.2) is 19.9 Å². The van der Waals surface area contributed by atoms with Gasteiger partial charge in [-0.2, -0.15) is 0 Å². The van der Waals surface area contributed by atoms with Crippen LogP contribution in [0.3, 0.4) is 0 Å². The molecule has 10 aromatic rings. The number of hydrogen-bond acceptors (Lipinski definition) is 4. The SMILES string of the molecule is Cc1ccc2ccc3ccc(-c4ccc(C5(c6ccc(-c7ccc8ccc9ccc(C)nc9c8n7)cc6)c6ccccc6-c6ccccc65)cc4)nc3c2n1. The predicted molar refractivity (Wildman–Crippen MR) is 225 cm³/mol. The van der Waals surface area contributed by atoms with Crippen molar-refractivity contribution in [2.24, 2.45) is 0 Å². The molecule has 6 aromatic carbocycles. The van der Waals surface area contributed by atoms with Gasteiger partial charge in [-0.1, -0.05) is 146 Å². The first-order valence-electron chi connectivity index (χ1n) is 18.8. The van der Waals surface area contributed by atoms with Crippen LogP contribution in [0.15, 0.2) is 170 Å². The lowest BCUT2D eigenvalue weighted by Gasteiger charge is -2.34. The molecule has 55 heavy (non-hydrogen) atoms. The highest BCUT2D eigenvalue weighted by molar-refractivity contribution is 6.04. The van der Waals surface area contributed by atoms with Crippen molar-refractivity contribution in [2.75, 3.05) is 0 Å². The third-order valence-corrected chi connectivity index (χ3v) is 11.5. The zero-order valence-electron chi connectivity index (χ0n) is 30.5. The van der Waals surface area contributed by atoms with E-state index in [1.165, 1.54) is 33.4 Å². The Bertz CT molecular complexity index is 2950. The second kappa shape index (κ2) is 12.0. The zero-order chi connectivity index (χ0) is 36.7. The number of aromatic nitrogens is 4. The maximum absolute atomic E-state index is 5.20. The lowest BCUT2D eigenvalue weighted by atomic mass is 9.67. The fraction of sp³-hybridized carbons (Fsp3) is 0.0588. The van der Waals surface area contributed by atoms with Gasteiger partial charge in [0.05, 0.1) is 38.9 Å². The summed E-state index contributed by atoms with van der Waals surface area (Å²) in [6.45, 7) is 4.06. The Balaban J connectivity index is 1.06. The van der Waals surface area contributed by atoms with Gasteiger partial charge in [0.25, 0.3) is 0 Å². The Hall–Kier alpha value is -7.04. The minimum absolute atomic E-state index is 0.521. The number of rotatable bonds is 4. The molecule has 0 unspecified atom stereocenters. The van der Waals surface area contributed by atoms with Crippen molar-refractivity contribution in [1.29, 1.82) is 0 Å². The molecule has 0 radical (unpaired) electrons. The molecule has 11 rings (SSSR count). The summed E-state index contributed by atoms with van der Waals surface area (Å²) in [6, 6.07) is 61.3. The van der Waals surface area contributed by atoms with Crippen LogP contribution in [0.1, 0.15) is 33.6 Å². The second-order valence-corrected chi connectivity index (χ2v) is 14.7. The van der Waals surface area contributed by atoms with Crippen LogP contribution in [0.25, 0.3) is 77.3 Å². The zero-order valence-corrected chi connectivity index (χ0v) is 30.5. The quantitative estimate of drug-likeness (QED) is 0.171. The summed E-state index contributed by atoms with van der Waals surface area (Å²) in [5.41, 5.74) is 16.7. The molecule has 0 spiro atoms. The number of nitrogens with zero attached hydrogens (tertiary/aromatic N) is 4. The largest absolute Gasteiger partial charge is 0.251 e. The normalized spacial score (nSPS) is 13.1. The van der Waals surface area contributed by atoms with Gasteiger partial charge in [-0.25, -0.2) is 9.97 Å². The number of aryl methyl sites for hydroxylation is 2. The maximum Gasteiger partial charge on any atom is 0.0972 e. The standard InChI is InChI=1S/C51H34N4/c1-31-11-13-35-15-17-37-23-29-45(54-49(37)47(35)52-31)33-19-25-39(26-20-33)51(43-9-5-3-7-41(43)42-8-4-6-10-44(42)51)40-27-21-34(22-28-40)46-30-24-38-18-16-36-14-12-32(2)53-48(36)50(38)55-46/h3-30H,1-2H3. The molecular weight excluding hydrogens is 669 g/mol. The third kappa shape index (κ3) is 4.78. The molecule has 0 fully saturated rings. The lowest BCUT2D eigenvalue weighted by molar-refractivity contribution is 0.768. The van der Waals surface area contributed by atoms with E-state index in [0.717, 1.165) is 77.5 Å². The van der Waals surface area contributed by atoms with E-state index in [2.05, 4.69) is 170 Å². The Kier molecular flexibility index (Phi) is 6.86. The maximum atomic E-state index is 5.20. The van der Waals surface area contributed by atoms with Gasteiger partial charge in [-0.15, -0.1) is 0 Å². The Morgan fingerprint density at radius 3 is 1.09 bits per heavy atom. The van der Waals surface area contributed by atoms with E-state index < -0.39 is 5.41 Å². The fourth-order valence-corrected chi connectivity index (χ4v) is 8.86. The summed E-state index contributed by atoms with van der Waals surface area (Å²) in [4.78, 5) is 20.1. The number of hydrogen-bond donors (Lipinski definition) is 0. The Morgan fingerprint density at radius 1 is 0.327 bits per heavy atom. The van der Waals surface area contributed by atoms with Crippen LogP contribution in [0, 0.1) is 13.8 Å². The van der Waals surface area contributed by atoms with Gasteiger partial charge in [0.1, 0.15) is 0 Å². The van der Waals surface area contributed by atoms with E-state index in [4.69, 9.17) is 19.9 Å². The average Bonchev–Trinajstić information content (AvgIpc) is 3.54. The second-order valence-electron chi connectivity index (χ2n) is 14.7. The van der Waals surface area contributed by atoms with Crippen molar-refractivity contribution < 1.29 is 0 Å². The Morgan fingerprint density at radius 2 is 0.673 bits per heavy atom. The van der Waals surface area contributed by atoms with E-state index >= 15 is 0 Å². The molecule has 0 atom stereocenters. The molecule has 4 heterocycles. The molecule has 258 valence electrons. The van der Waals surface area contributed by atoms with Gasteiger partial charge in [0.15, 0.2) is 0 Å². The van der Waals surface area contributed by atoms with Gasteiger partial charge in [-0.05, 0) is 71.5 Å². The van der Waals surface area contributed by atoms with Gasteiger partial charge < -0.3 is 0 Å². The minimum atomic E-state index is -0.521. The van der Waals surface area contributed by atoms with E-state index in [-0.39, 0.29) is 0 Å². The van der Waals surface area contributed by atoms with Crippen molar-refractivity contribution in [3.05, 3.63) is 203 Å². The molecule has 0 N–H and O–H groups in total. The number of pyridine rings is 4. The van der Waals surface area contributed by atoms with Crippen LogP contribution >= 0.6 is 0 Å². The highest BCUT2D eigenvalue weighted by Crippen LogP contribution is 2.56. The van der Waals surface area contributed by atoms with Crippen molar-refractivity contribution in [1.82, 2.24) is 19.9 Å². The van der Waals surface area contributed by atoms with E-state index in [1.54, 1.807) is 0 Å². The molecule has 0 aliphatic heterocycles. The fourth-order valence-electron chi connectivity index (χ4n) is 8.86. The van der Waals surface area contributed by atoms with Gasteiger partial charge in [0, 0.05) is 44.1 Å². The summed E-state index contributed by atoms with van der Waals surface area (Å²) in [5, 5.41) is 4.38. The molecule has 0 saturated heterocycles. The summed E-state index contributed by atoms with van der Waals surface area (Å²) < 4.78 is 0. The van der Waals surface area contributed by atoms with E-state index in [9.17, 15) is 0 Å². The molecule has 0 bridgehead atoms. The first kappa shape index (κ1) is 31.5. The average molecular weight is 703 g/mol. The van der Waals surface area contributed by atoms with Gasteiger partial charge >= 0.3 is 0 Å². The molecule has 4 aromatic heterocycles. The molecular formula is C51H34N4. The summed E-state index contributed by atoms with van der Waals surface area (Å²) in [5.74, 6) is 0. The van der Waals surface area contributed by atoms with E-state index in [0.29, 0.717) is 0 Å². The number of fused-ring (bicyclic) bond motifs is 9. The van der Waals surface area contributed by atoms with Crippen LogP contribution < -0.4 is 0 Å². The van der Waals surface area contributed by atoms with Crippen molar-refractivity contribution in [2.45, 2.75) is 19.3 Å². The van der Waals surface area contributed by atoms with Crippen molar-refractivity contribution >= 4 is 43.6 Å². The smallest absolute Gasteiger partial charge is 0.0972 e. The summed E-state index contributed by atoms with van der Waals surface area (Å²) in [7, 11) is 0. The van der Waals surface area contributed by atoms with Crippen molar-refractivity contribution in [3.63, 3.8) is 0 Å². The van der Waals surface area contributed by atoms with Gasteiger partial charge in [-0.3, -0.25) is 9.97 Å². The molecule has 0 saturated carbocycles. The monoisotopic (exact) mass is 702 g/mol. The molecule has 0 amide bonds. The summed E-state index contributed by atoms with van der Waals surface area (Å²) >= 11 is 0. The highest BCUT2D eigenvalue weighted by Gasteiger charge is 2.45. The van der Waals surface area contributed by atoms with Gasteiger partial charge in [0.2, 0.25) is 0 Å². The van der Waals surface area contributed by atoms with Crippen LogP contribution in [0.4, 0.5) is 0 Å². The lowest BCUT2D eigenvalue weighted by Crippen LogP contribution is -2.28. The molecule has 1 aliphatic rings. The van der Waals surface area contributed by atoms with E-state index in [1.807, 2.05) is 13.8 Å². The van der Waals surface area contributed by atoms with Crippen LogP contribution in [0.5, 0.6) is 0 Å². The predicted octanol–water partition coefficient (Wildman–Crippen LogP) is 12.2. The molecule has 4 nitrogen and oxygen atoms in total. The highest BCUT2D eigenvalue weighted by atomic mass is 14.8. The van der Waals surface area contributed by atoms with Crippen molar-refractivity contribution in [3.8, 4) is 33.6 Å². The molecule has 1 aliphatic carbocycles. The molecule has 4 heteroatoms.